The molecule has 1 aromatic heterocycles. The second kappa shape index (κ2) is 8.45. The van der Waals surface area contributed by atoms with Crippen LogP contribution in [0.2, 0.25) is 0 Å². The van der Waals surface area contributed by atoms with Crippen LogP contribution in [0.4, 0.5) is 16.3 Å². The Morgan fingerprint density at radius 3 is 2.55 bits per heavy atom. The van der Waals surface area contributed by atoms with Gasteiger partial charge in [0.1, 0.15) is 5.60 Å². The summed E-state index contributed by atoms with van der Waals surface area (Å²) >= 11 is 3.23. The third-order valence-electron chi connectivity index (χ3n) is 6.08. The first-order chi connectivity index (χ1) is 14.8. The van der Waals surface area contributed by atoms with Crippen molar-refractivity contribution in [2.75, 3.05) is 5.32 Å². The second-order valence-electron chi connectivity index (χ2n) is 8.62. The number of pyridine rings is 1. The molecule has 4 rings (SSSR count). The molecule has 9 heteroatoms. The molecule has 1 saturated heterocycles. The Kier molecular flexibility index (Phi) is 5.88. The van der Waals surface area contributed by atoms with Gasteiger partial charge in [0.05, 0.1) is 11.0 Å². The van der Waals surface area contributed by atoms with Gasteiger partial charge < -0.3 is 10.1 Å². The summed E-state index contributed by atoms with van der Waals surface area (Å²) in [5, 5.41) is 14.6. The number of anilines is 1. The van der Waals surface area contributed by atoms with Crippen molar-refractivity contribution < 1.29 is 14.5 Å². The molecule has 1 unspecified atom stereocenters. The fourth-order valence-corrected chi connectivity index (χ4v) is 5.02. The van der Waals surface area contributed by atoms with E-state index in [-0.39, 0.29) is 35.7 Å². The van der Waals surface area contributed by atoms with Gasteiger partial charge in [-0.1, -0.05) is 30.3 Å². The Morgan fingerprint density at radius 2 is 1.90 bits per heavy atom. The van der Waals surface area contributed by atoms with Crippen LogP contribution in [0.15, 0.2) is 47.1 Å². The Morgan fingerprint density at radius 1 is 1.23 bits per heavy atom. The lowest BCUT2D eigenvalue weighted by Gasteiger charge is -2.38. The normalized spacial score (nSPS) is 25.2. The summed E-state index contributed by atoms with van der Waals surface area (Å²) in [7, 11) is 0. The van der Waals surface area contributed by atoms with E-state index >= 15 is 0 Å². The van der Waals surface area contributed by atoms with Gasteiger partial charge >= 0.3 is 11.8 Å². The lowest BCUT2D eigenvalue weighted by molar-refractivity contribution is -0.384. The van der Waals surface area contributed by atoms with Crippen LogP contribution < -0.4 is 5.32 Å². The first kappa shape index (κ1) is 21.5. The van der Waals surface area contributed by atoms with E-state index in [4.69, 9.17) is 4.74 Å². The molecule has 1 N–H and O–H groups in total. The van der Waals surface area contributed by atoms with Gasteiger partial charge in [-0.2, -0.15) is 0 Å². The van der Waals surface area contributed by atoms with E-state index in [2.05, 4.69) is 26.2 Å². The highest BCUT2D eigenvalue weighted by Gasteiger charge is 2.51. The number of cyclic esters (lactones) is 1. The molecule has 1 amide bonds. The Balaban J connectivity index is 1.47. The van der Waals surface area contributed by atoms with Crippen molar-refractivity contribution in [2.24, 2.45) is 0 Å². The van der Waals surface area contributed by atoms with Gasteiger partial charge in [0.15, 0.2) is 0 Å². The number of nitrogens with zero attached hydrogens (tertiary/aromatic N) is 3. The first-order valence-corrected chi connectivity index (χ1v) is 11.2. The Labute approximate surface area is 189 Å². The molecule has 164 valence electrons. The second-order valence-corrected chi connectivity index (χ2v) is 9.54. The van der Waals surface area contributed by atoms with Crippen molar-refractivity contribution in [3.63, 3.8) is 0 Å². The molecule has 31 heavy (non-hydrogen) atoms. The lowest BCUT2D eigenvalue weighted by atomic mass is 9.86. The highest BCUT2D eigenvalue weighted by molar-refractivity contribution is 9.10. The predicted molar refractivity (Wildman–Crippen MR) is 120 cm³/mol. The summed E-state index contributed by atoms with van der Waals surface area (Å²) in [6.45, 7) is 3.90. The zero-order valence-electron chi connectivity index (χ0n) is 17.5. The maximum absolute atomic E-state index is 12.8. The smallest absolute Gasteiger partial charge is 0.411 e. The maximum Gasteiger partial charge on any atom is 0.411 e. The average Bonchev–Trinajstić information content (AvgIpc) is 2.98. The van der Waals surface area contributed by atoms with Crippen molar-refractivity contribution in [3.05, 3.63) is 62.7 Å². The molecule has 1 aliphatic heterocycles. The number of ether oxygens (including phenoxy) is 1. The molecule has 1 aliphatic carbocycles. The van der Waals surface area contributed by atoms with Gasteiger partial charge in [0, 0.05) is 28.8 Å². The van der Waals surface area contributed by atoms with E-state index < -0.39 is 10.5 Å². The maximum atomic E-state index is 12.8. The SMILES string of the molecule is CC1(C)OC(=O)N(C2CCC(Nc3ncc(Br)cc3[N+](=O)[O-])CC2)C1c1ccccc1. The zero-order chi connectivity index (χ0) is 22.2. The molecule has 1 saturated carbocycles. The number of hydrogen-bond donors (Lipinski definition) is 1. The number of carbonyl (C=O) groups is 1. The summed E-state index contributed by atoms with van der Waals surface area (Å²) in [4.78, 5) is 29.8. The Hall–Kier alpha value is -2.68. The van der Waals surface area contributed by atoms with E-state index in [0.717, 1.165) is 31.2 Å². The highest BCUT2D eigenvalue weighted by atomic mass is 79.9. The van der Waals surface area contributed by atoms with Crippen LogP contribution in [0, 0.1) is 10.1 Å². The minimum absolute atomic E-state index is 0.0505. The molecule has 2 heterocycles. The van der Waals surface area contributed by atoms with Crippen LogP contribution in [0.5, 0.6) is 0 Å². The summed E-state index contributed by atoms with van der Waals surface area (Å²) < 4.78 is 6.30. The minimum Gasteiger partial charge on any atom is -0.441 e. The average molecular weight is 489 g/mol. The number of nitro groups is 1. The summed E-state index contributed by atoms with van der Waals surface area (Å²) in [5.41, 5.74) is 0.397. The third-order valence-corrected chi connectivity index (χ3v) is 6.51. The van der Waals surface area contributed by atoms with Gasteiger partial charge in [0.2, 0.25) is 5.82 Å². The van der Waals surface area contributed by atoms with Gasteiger partial charge in [-0.3, -0.25) is 15.0 Å². The van der Waals surface area contributed by atoms with Gasteiger partial charge in [-0.25, -0.2) is 9.78 Å². The van der Waals surface area contributed by atoms with Crippen LogP contribution in [0.3, 0.4) is 0 Å². The first-order valence-electron chi connectivity index (χ1n) is 10.4. The number of benzene rings is 1. The van der Waals surface area contributed by atoms with E-state index in [0.29, 0.717) is 4.47 Å². The molecular weight excluding hydrogens is 464 g/mol. The number of halogens is 1. The molecule has 0 radical (unpaired) electrons. The summed E-state index contributed by atoms with van der Waals surface area (Å²) in [5.74, 6) is 0.278. The minimum atomic E-state index is -0.616. The molecule has 8 nitrogen and oxygen atoms in total. The number of nitrogens with one attached hydrogen (secondary N) is 1. The number of amides is 1. The molecule has 1 atom stereocenters. The fourth-order valence-electron chi connectivity index (χ4n) is 4.70. The summed E-state index contributed by atoms with van der Waals surface area (Å²) in [6.07, 6.45) is 4.41. The van der Waals surface area contributed by atoms with E-state index in [1.807, 2.05) is 49.1 Å². The van der Waals surface area contributed by atoms with Crippen LogP contribution in [0.1, 0.15) is 51.1 Å². The van der Waals surface area contributed by atoms with Crippen molar-refractivity contribution in [1.82, 2.24) is 9.88 Å². The van der Waals surface area contributed by atoms with Gasteiger partial charge in [0.25, 0.3) is 0 Å². The molecular formula is C22H25BrN4O4. The predicted octanol–water partition coefficient (Wildman–Crippen LogP) is 5.45. The van der Waals surface area contributed by atoms with Crippen molar-refractivity contribution >= 4 is 33.5 Å². The molecule has 0 bridgehead atoms. The van der Waals surface area contributed by atoms with E-state index in [9.17, 15) is 14.9 Å². The van der Waals surface area contributed by atoms with Crippen LogP contribution >= 0.6 is 15.9 Å². The topological polar surface area (TPSA) is 97.6 Å². The highest BCUT2D eigenvalue weighted by Crippen LogP contribution is 2.44. The molecule has 2 aliphatic rings. The Bertz CT molecular complexity index is 977. The number of rotatable bonds is 5. The van der Waals surface area contributed by atoms with Crippen LogP contribution in [0.25, 0.3) is 0 Å². The quantitative estimate of drug-likeness (QED) is 0.443. The largest absolute Gasteiger partial charge is 0.441 e. The van der Waals surface area contributed by atoms with E-state index in [1.165, 1.54) is 6.07 Å². The molecule has 0 spiro atoms. The number of aromatic nitrogens is 1. The van der Waals surface area contributed by atoms with Crippen molar-refractivity contribution in [2.45, 2.75) is 63.3 Å². The number of hydrogen-bond acceptors (Lipinski definition) is 6. The van der Waals surface area contributed by atoms with Gasteiger partial charge in [-0.05, 0) is 61.0 Å². The fraction of sp³-hybridized carbons (Fsp3) is 0.455. The van der Waals surface area contributed by atoms with Crippen molar-refractivity contribution in [3.8, 4) is 0 Å². The van der Waals surface area contributed by atoms with Crippen LogP contribution in [-0.4, -0.2) is 38.6 Å². The monoisotopic (exact) mass is 488 g/mol. The lowest BCUT2D eigenvalue weighted by Crippen LogP contribution is -2.44. The zero-order valence-corrected chi connectivity index (χ0v) is 19.0. The van der Waals surface area contributed by atoms with Gasteiger partial charge in [-0.15, -0.1) is 0 Å². The molecule has 1 aromatic carbocycles. The van der Waals surface area contributed by atoms with Crippen molar-refractivity contribution in [1.29, 1.82) is 0 Å². The van der Waals surface area contributed by atoms with E-state index in [1.54, 1.807) is 6.20 Å². The third kappa shape index (κ3) is 4.37. The molecule has 2 fully saturated rings. The number of carbonyl (C=O) groups excluding carboxylic acids is 1. The molecule has 2 aromatic rings. The summed E-state index contributed by atoms with van der Waals surface area (Å²) in [6, 6.07) is 11.4. The van der Waals surface area contributed by atoms with Crippen LogP contribution in [-0.2, 0) is 4.74 Å². The standard InChI is InChI=1S/C22H25BrN4O4/c1-22(2)19(14-6-4-3-5-7-14)26(21(28)31-22)17-10-8-16(9-11-17)25-20-18(27(29)30)12-15(23)13-24-20/h3-7,12-13,16-17,19H,8-11H2,1-2H3,(H,24,25).